The van der Waals surface area contributed by atoms with Crippen LogP contribution in [0, 0.1) is 0 Å². The summed E-state index contributed by atoms with van der Waals surface area (Å²) in [5.41, 5.74) is 0.0873. The molecule has 0 atom stereocenters. The number of hydrogen-bond donors (Lipinski definition) is 3. The summed E-state index contributed by atoms with van der Waals surface area (Å²) in [6.07, 6.45) is 0. The van der Waals surface area contributed by atoms with Crippen LogP contribution in [-0.4, -0.2) is 34.4 Å². The number of carbonyl (C=O) groups is 2. The Balaban J connectivity index is 2.32. The SMILES string of the molecule is COC(=O)c1cc(N=Nc2ccc(O)c(C(=O)O)c2)ccc1O. The molecule has 0 heterocycles. The monoisotopic (exact) mass is 316 g/mol. The van der Waals surface area contributed by atoms with Gasteiger partial charge in [0.15, 0.2) is 0 Å². The Morgan fingerprint density at radius 1 is 0.913 bits per heavy atom. The van der Waals surface area contributed by atoms with Gasteiger partial charge in [0.05, 0.1) is 18.5 Å². The van der Waals surface area contributed by atoms with E-state index in [1.165, 1.54) is 37.4 Å². The van der Waals surface area contributed by atoms with Crippen molar-refractivity contribution in [1.82, 2.24) is 0 Å². The second-order valence-corrected chi connectivity index (χ2v) is 4.40. The zero-order valence-electron chi connectivity index (χ0n) is 11.9. The van der Waals surface area contributed by atoms with Gasteiger partial charge in [-0.1, -0.05) is 0 Å². The Bertz CT molecular complexity index is 801. The minimum absolute atomic E-state index is 0.0686. The van der Waals surface area contributed by atoms with Crippen LogP contribution in [0.2, 0.25) is 0 Å². The summed E-state index contributed by atoms with van der Waals surface area (Å²) in [6, 6.07) is 7.69. The van der Waals surface area contributed by atoms with Crippen LogP contribution in [0.4, 0.5) is 11.4 Å². The molecule has 0 fully saturated rings. The van der Waals surface area contributed by atoms with Crippen molar-refractivity contribution < 1.29 is 29.6 Å². The van der Waals surface area contributed by atoms with Crippen molar-refractivity contribution >= 4 is 23.3 Å². The van der Waals surface area contributed by atoms with Crippen molar-refractivity contribution in [2.24, 2.45) is 10.2 Å². The third-order valence-electron chi connectivity index (χ3n) is 2.88. The number of ether oxygens (including phenoxy) is 1. The normalized spacial score (nSPS) is 10.7. The number of benzene rings is 2. The lowest BCUT2D eigenvalue weighted by molar-refractivity contribution is 0.0596. The molecule has 0 aromatic heterocycles. The number of carboxylic acids is 1. The molecule has 2 rings (SSSR count). The van der Waals surface area contributed by atoms with Gasteiger partial charge in [0.25, 0.3) is 0 Å². The molecule has 118 valence electrons. The first-order valence-electron chi connectivity index (χ1n) is 6.31. The summed E-state index contributed by atoms with van der Waals surface area (Å²) in [5.74, 6) is -2.66. The van der Waals surface area contributed by atoms with Crippen LogP contribution in [-0.2, 0) is 4.74 Å². The number of phenols is 2. The van der Waals surface area contributed by atoms with Crippen LogP contribution in [0.3, 0.4) is 0 Å². The van der Waals surface area contributed by atoms with Crippen molar-refractivity contribution in [3.05, 3.63) is 47.5 Å². The molecule has 0 saturated heterocycles. The minimum Gasteiger partial charge on any atom is -0.507 e. The maximum atomic E-state index is 11.5. The van der Waals surface area contributed by atoms with Gasteiger partial charge in [0.2, 0.25) is 0 Å². The van der Waals surface area contributed by atoms with Crippen LogP contribution in [0.15, 0.2) is 46.6 Å². The summed E-state index contributed by atoms with van der Waals surface area (Å²) in [4.78, 5) is 22.4. The van der Waals surface area contributed by atoms with Crippen molar-refractivity contribution in [3.63, 3.8) is 0 Å². The zero-order chi connectivity index (χ0) is 17.0. The Kier molecular flexibility index (Phi) is 4.55. The van der Waals surface area contributed by atoms with Crippen LogP contribution in [0.1, 0.15) is 20.7 Å². The fourth-order valence-corrected chi connectivity index (χ4v) is 1.73. The maximum absolute atomic E-state index is 11.5. The van der Waals surface area contributed by atoms with Crippen LogP contribution in [0.5, 0.6) is 11.5 Å². The number of carboxylic acid groups (broad SMARTS) is 1. The average molecular weight is 316 g/mol. The fraction of sp³-hybridized carbons (Fsp3) is 0.0667. The van der Waals surface area contributed by atoms with E-state index < -0.39 is 11.9 Å². The van der Waals surface area contributed by atoms with E-state index in [4.69, 9.17) is 5.11 Å². The lowest BCUT2D eigenvalue weighted by Gasteiger charge is -2.03. The summed E-state index contributed by atoms with van der Waals surface area (Å²) < 4.78 is 4.53. The summed E-state index contributed by atoms with van der Waals surface area (Å²) in [6.45, 7) is 0. The van der Waals surface area contributed by atoms with E-state index in [9.17, 15) is 19.8 Å². The number of carbonyl (C=O) groups excluding carboxylic acids is 1. The number of azo groups is 1. The van der Waals surface area contributed by atoms with Gasteiger partial charge >= 0.3 is 11.9 Å². The van der Waals surface area contributed by atoms with Crippen LogP contribution < -0.4 is 0 Å². The Morgan fingerprint density at radius 3 is 1.87 bits per heavy atom. The number of esters is 1. The van der Waals surface area contributed by atoms with Gasteiger partial charge < -0.3 is 20.1 Å². The topological polar surface area (TPSA) is 129 Å². The average Bonchev–Trinajstić information content (AvgIpc) is 2.54. The second-order valence-electron chi connectivity index (χ2n) is 4.40. The quantitative estimate of drug-likeness (QED) is 0.587. The van der Waals surface area contributed by atoms with Crippen molar-refractivity contribution in [3.8, 4) is 11.5 Å². The molecule has 2 aromatic rings. The molecular weight excluding hydrogens is 304 g/mol. The molecule has 8 nitrogen and oxygen atoms in total. The highest BCUT2D eigenvalue weighted by Crippen LogP contribution is 2.27. The van der Waals surface area contributed by atoms with E-state index in [1.54, 1.807) is 0 Å². The third kappa shape index (κ3) is 3.62. The molecule has 2 aromatic carbocycles. The summed E-state index contributed by atoms with van der Waals surface area (Å²) in [7, 11) is 1.18. The first-order valence-corrected chi connectivity index (χ1v) is 6.31. The molecule has 0 aliphatic heterocycles. The molecule has 0 unspecified atom stereocenters. The van der Waals surface area contributed by atoms with E-state index in [-0.39, 0.29) is 34.0 Å². The minimum atomic E-state index is -1.29. The lowest BCUT2D eigenvalue weighted by atomic mass is 10.2. The van der Waals surface area contributed by atoms with Gasteiger partial charge in [-0.15, -0.1) is 0 Å². The number of nitrogens with zero attached hydrogens (tertiary/aromatic N) is 2. The smallest absolute Gasteiger partial charge is 0.341 e. The Morgan fingerprint density at radius 2 is 1.39 bits per heavy atom. The number of aromatic hydroxyl groups is 2. The van der Waals surface area contributed by atoms with Gasteiger partial charge in [0.1, 0.15) is 22.6 Å². The van der Waals surface area contributed by atoms with E-state index >= 15 is 0 Å². The number of aromatic carboxylic acids is 1. The fourth-order valence-electron chi connectivity index (χ4n) is 1.73. The molecule has 0 saturated carbocycles. The third-order valence-corrected chi connectivity index (χ3v) is 2.88. The molecule has 3 N–H and O–H groups in total. The van der Waals surface area contributed by atoms with Crippen molar-refractivity contribution in [1.29, 1.82) is 0 Å². The summed E-state index contributed by atoms with van der Waals surface area (Å²) >= 11 is 0. The molecule has 0 aliphatic rings. The van der Waals surface area contributed by atoms with Gasteiger partial charge in [-0.05, 0) is 36.4 Å². The number of methoxy groups -OCH3 is 1. The molecule has 0 amide bonds. The van der Waals surface area contributed by atoms with Crippen molar-refractivity contribution in [2.45, 2.75) is 0 Å². The van der Waals surface area contributed by atoms with E-state index in [2.05, 4.69) is 15.0 Å². The lowest BCUT2D eigenvalue weighted by Crippen LogP contribution is -2.00. The first kappa shape index (κ1) is 16.0. The molecule has 0 bridgehead atoms. The largest absolute Gasteiger partial charge is 0.507 e. The van der Waals surface area contributed by atoms with E-state index in [1.807, 2.05) is 0 Å². The predicted molar refractivity (Wildman–Crippen MR) is 78.7 cm³/mol. The number of hydrogen-bond acceptors (Lipinski definition) is 7. The Hall–Kier alpha value is -3.42. The standard InChI is InChI=1S/C15H12N2O6/c1-23-15(22)11-7-9(3-5-13(11)19)17-16-8-2-4-12(18)10(6-8)14(20)21/h2-7,18-19H,1H3,(H,20,21). The van der Waals surface area contributed by atoms with Gasteiger partial charge in [0, 0.05) is 0 Å². The molecular formula is C15H12N2O6. The summed E-state index contributed by atoms with van der Waals surface area (Å²) in [5, 5.41) is 35.6. The van der Waals surface area contributed by atoms with Crippen LogP contribution >= 0.6 is 0 Å². The van der Waals surface area contributed by atoms with E-state index in [0.717, 1.165) is 6.07 Å². The highest BCUT2D eigenvalue weighted by molar-refractivity contribution is 5.93. The molecule has 0 aliphatic carbocycles. The molecule has 0 spiro atoms. The van der Waals surface area contributed by atoms with Gasteiger partial charge in [-0.25, -0.2) is 9.59 Å². The first-order chi connectivity index (χ1) is 10.9. The zero-order valence-corrected chi connectivity index (χ0v) is 11.9. The van der Waals surface area contributed by atoms with Gasteiger partial charge in [-0.2, -0.15) is 10.2 Å². The number of phenolic OH excluding ortho intramolecular Hbond substituents is 1. The molecule has 23 heavy (non-hydrogen) atoms. The van der Waals surface area contributed by atoms with Gasteiger partial charge in [-0.3, -0.25) is 0 Å². The van der Waals surface area contributed by atoms with Crippen LogP contribution in [0.25, 0.3) is 0 Å². The Labute approximate surface area is 130 Å². The second kappa shape index (κ2) is 6.56. The molecule has 8 heteroatoms. The maximum Gasteiger partial charge on any atom is 0.341 e. The highest BCUT2D eigenvalue weighted by Gasteiger charge is 2.12. The molecule has 0 radical (unpaired) electrons. The predicted octanol–water partition coefficient (Wildman–Crippen LogP) is 3.00. The van der Waals surface area contributed by atoms with Crippen molar-refractivity contribution in [2.75, 3.05) is 7.11 Å². The highest BCUT2D eigenvalue weighted by atomic mass is 16.5. The van der Waals surface area contributed by atoms with E-state index in [0.29, 0.717) is 0 Å². The number of rotatable bonds is 4.